The smallest absolute Gasteiger partial charge is 0.226 e. The largest absolute Gasteiger partial charge is 0.352 e. The summed E-state index contributed by atoms with van der Waals surface area (Å²) in [5.41, 5.74) is 5.53. The molecular formula is C31H31N5O. The van der Waals surface area contributed by atoms with Crippen LogP contribution < -0.4 is 4.90 Å². The highest BCUT2D eigenvalue weighted by Gasteiger charge is 2.45. The molecule has 0 spiro atoms. The number of rotatable bonds is 6. The van der Waals surface area contributed by atoms with E-state index in [1.54, 1.807) is 6.08 Å². The molecule has 1 aromatic carbocycles. The Morgan fingerprint density at radius 1 is 1.03 bits per heavy atom. The monoisotopic (exact) mass is 489 g/mol. The highest BCUT2D eigenvalue weighted by Crippen LogP contribution is 2.47. The Morgan fingerprint density at radius 2 is 1.84 bits per heavy atom. The van der Waals surface area contributed by atoms with E-state index >= 15 is 0 Å². The number of amides is 1. The number of nitrogens with zero attached hydrogens (tertiary/aromatic N) is 5. The lowest BCUT2D eigenvalue weighted by atomic mass is 9.95. The van der Waals surface area contributed by atoms with E-state index in [1.165, 1.54) is 12.8 Å². The molecule has 3 aromatic rings. The normalized spacial score (nSPS) is 21.6. The topological polar surface area (TPSA) is 73.1 Å². The summed E-state index contributed by atoms with van der Waals surface area (Å²) in [6.45, 7) is 6.17. The van der Waals surface area contributed by atoms with Crippen LogP contribution in [0.5, 0.6) is 0 Å². The maximum absolute atomic E-state index is 13.0. The second kappa shape index (κ2) is 8.69. The highest BCUT2D eigenvalue weighted by molar-refractivity contribution is 5.96. The van der Waals surface area contributed by atoms with Gasteiger partial charge in [0.2, 0.25) is 5.91 Å². The van der Waals surface area contributed by atoms with E-state index in [4.69, 9.17) is 9.97 Å². The molecule has 3 heterocycles. The van der Waals surface area contributed by atoms with Crippen molar-refractivity contribution in [2.45, 2.75) is 50.5 Å². The molecule has 1 saturated heterocycles. The number of hydrogen-bond acceptors (Lipinski definition) is 5. The first-order chi connectivity index (χ1) is 18.1. The third-order valence-corrected chi connectivity index (χ3v) is 8.45. The van der Waals surface area contributed by atoms with Crippen LogP contribution in [0.15, 0.2) is 43.0 Å². The van der Waals surface area contributed by atoms with Crippen molar-refractivity contribution in [2.24, 2.45) is 11.8 Å². The van der Waals surface area contributed by atoms with E-state index in [0.29, 0.717) is 23.3 Å². The quantitative estimate of drug-likeness (QED) is 0.455. The van der Waals surface area contributed by atoms with Gasteiger partial charge in [0.15, 0.2) is 0 Å². The summed E-state index contributed by atoms with van der Waals surface area (Å²) in [7, 11) is 0. The number of hydrogen-bond donors (Lipinski definition) is 0. The summed E-state index contributed by atoms with van der Waals surface area (Å²) in [4.78, 5) is 27.4. The number of fused-ring (bicyclic) bond motifs is 1. The van der Waals surface area contributed by atoms with Crippen molar-refractivity contribution < 1.29 is 4.79 Å². The van der Waals surface area contributed by atoms with Gasteiger partial charge in [-0.05, 0) is 74.3 Å². The van der Waals surface area contributed by atoms with Crippen LogP contribution in [0.2, 0.25) is 0 Å². The second-order valence-electron chi connectivity index (χ2n) is 11.2. The Kier molecular flexibility index (Phi) is 5.28. The highest BCUT2D eigenvalue weighted by atomic mass is 16.2. The van der Waals surface area contributed by atoms with Gasteiger partial charge >= 0.3 is 0 Å². The van der Waals surface area contributed by atoms with Crippen molar-refractivity contribution >= 4 is 28.7 Å². The van der Waals surface area contributed by atoms with Crippen LogP contribution in [0.4, 0.5) is 5.82 Å². The fourth-order valence-electron chi connectivity index (χ4n) is 5.97. The summed E-state index contributed by atoms with van der Waals surface area (Å²) in [6, 6.07) is 15.0. The van der Waals surface area contributed by atoms with Crippen LogP contribution in [0, 0.1) is 23.2 Å². The zero-order valence-electron chi connectivity index (χ0n) is 21.1. The third kappa shape index (κ3) is 4.07. The van der Waals surface area contributed by atoms with Crippen molar-refractivity contribution in [1.29, 1.82) is 5.26 Å². The fraction of sp³-hybridized carbons (Fsp3) is 0.419. The van der Waals surface area contributed by atoms with Crippen LogP contribution in [-0.2, 0) is 4.79 Å². The number of nitriles is 1. The molecule has 1 atom stereocenters. The number of benzene rings is 1. The fourth-order valence-corrected chi connectivity index (χ4v) is 5.97. The second-order valence-corrected chi connectivity index (χ2v) is 11.2. The lowest BCUT2D eigenvalue weighted by molar-refractivity contribution is -0.135. The van der Waals surface area contributed by atoms with E-state index in [2.05, 4.69) is 40.6 Å². The van der Waals surface area contributed by atoms with Gasteiger partial charge in [-0.25, -0.2) is 9.97 Å². The van der Waals surface area contributed by atoms with Gasteiger partial charge in [0.05, 0.1) is 28.5 Å². The Balaban J connectivity index is 1.30. The maximum atomic E-state index is 13.0. The third-order valence-electron chi connectivity index (χ3n) is 8.45. The zero-order valence-corrected chi connectivity index (χ0v) is 21.1. The van der Waals surface area contributed by atoms with Gasteiger partial charge in [-0.2, -0.15) is 5.26 Å². The standard InChI is InChI=1S/C31H31N5O/c1-2-23-16-25(24-5-3-4-6-27(24)33-23)26-15-22(17-32)30(34-29(26)20-9-10-20)35-13-14-36(31(37)21-11-12-21)28(18-35)19-7-8-19/h2-6,15-16,19-21,28H,1,7-14,18H2/t28-/m0/s1. The molecule has 6 nitrogen and oxygen atoms in total. The molecule has 37 heavy (non-hydrogen) atoms. The minimum absolute atomic E-state index is 0.235. The zero-order chi connectivity index (χ0) is 25.1. The summed E-state index contributed by atoms with van der Waals surface area (Å²) in [5.74, 6) is 2.38. The van der Waals surface area contributed by atoms with Crippen molar-refractivity contribution in [3.8, 4) is 17.2 Å². The van der Waals surface area contributed by atoms with Gasteiger partial charge in [-0.1, -0.05) is 24.8 Å². The Hall–Kier alpha value is -3.72. The molecule has 2 aromatic heterocycles. The van der Waals surface area contributed by atoms with E-state index in [-0.39, 0.29) is 12.0 Å². The maximum Gasteiger partial charge on any atom is 0.226 e. The molecule has 3 saturated carbocycles. The van der Waals surface area contributed by atoms with E-state index < -0.39 is 0 Å². The lowest BCUT2D eigenvalue weighted by Gasteiger charge is -2.43. The van der Waals surface area contributed by atoms with E-state index in [0.717, 1.165) is 84.6 Å². The summed E-state index contributed by atoms with van der Waals surface area (Å²) in [6.07, 6.45) is 8.49. The molecule has 4 aliphatic rings. The number of piperazine rings is 1. The van der Waals surface area contributed by atoms with Crippen LogP contribution in [0.3, 0.4) is 0 Å². The molecular weight excluding hydrogens is 458 g/mol. The Labute approximate surface area is 217 Å². The number of para-hydroxylation sites is 1. The van der Waals surface area contributed by atoms with Gasteiger partial charge in [0, 0.05) is 42.4 Å². The number of carbonyl (C=O) groups excluding carboxylic acids is 1. The average Bonchev–Trinajstić information content (AvgIpc) is 3.80. The minimum atomic E-state index is 0.235. The summed E-state index contributed by atoms with van der Waals surface area (Å²) < 4.78 is 0. The molecule has 4 fully saturated rings. The Morgan fingerprint density at radius 3 is 2.54 bits per heavy atom. The summed E-state index contributed by atoms with van der Waals surface area (Å²) >= 11 is 0. The summed E-state index contributed by atoms with van der Waals surface area (Å²) in [5, 5.41) is 11.3. The first kappa shape index (κ1) is 22.5. The molecule has 0 bridgehead atoms. The van der Waals surface area contributed by atoms with Gasteiger partial charge in [0.1, 0.15) is 11.9 Å². The number of anilines is 1. The molecule has 1 amide bonds. The van der Waals surface area contributed by atoms with E-state index in [9.17, 15) is 10.1 Å². The van der Waals surface area contributed by atoms with Gasteiger partial charge in [0.25, 0.3) is 0 Å². The predicted molar refractivity (Wildman–Crippen MR) is 145 cm³/mol. The number of aromatic nitrogens is 2. The van der Waals surface area contributed by atoms with Crippen LogP contribution >= 0.6 is 0 Å². The first-order valence-corrected chi connectivity index (χ1v) is 13.7. The van der Waals surface area contributed by atoms with Gasteiger partial charge < -0.3 is 9.80 Å². The lowest BCUT2D eigenvalue weighted by Crippen LogP contribution is -2.57. The minimum Gasteiger partial charge on any atom is -0.352 e. The van der Waals surface area contributed by atoms with Crippen LogP contribution in [0.1, 0.15) is 61.4 Å². The first-order valence-electron chi connectivity index (χ1n) is 13.7. The predicted octanol–water partition coefficient (Wildman–Crippen LogP) is 5.53. The SMILES string of the molecule is C=Cc1cc(-c2cc(C#N)c(N3CCN(C(=O)C4CC4)[C@H](C4CC4)C3)nc2C2CC2)c2ccccc2n1. The number of pyridine rings is 2. The molecule has 0 radical (unpaired) electrons. The molecule has 6 heteroatoms. The van der Waals surface area contributed by atoms with Crippen molar-refractivity contribution in [1.82, 2.24) is 14.9 Å². The average molecular weight is 490 g/mol. The van der Waals surface area contributed by atoms with Crippen LogP contribution in [0.25, 0.3) is 28.1 Å². The molecule has 0 N–H and O–H groups in total. The van der Waals surface area contributed by atoms with Crippen molar-refractivity contribution in [2.75, 3.05) is 24.5 Å². The Bertz CT molecular complexity index is 1460. The van der Waals surface area contributed by atoms with Crippen molar-refractivity contribution in [3.05, 3.63) is 59.9 Å². The van der Waals surface area contributed by atoms with Crippen LogP contribution in [-0.4, -0.2) is 46.5 Å². The van der Waals surface area contributed by atoms with E-state index in [1.807, 2.05) is 18.2 Å². The number of carbonyl (C=O) groups is 1. The van der Waals surface area contributed by atoms with Gasteiger partial charge in [-0.15, -0.1) is 0 Å². The van der Waals surface area contributed by atoms with Gasteiger partial charge in [-0.3, -0.25) is 4.79 Å². The molecule has 186 valence electrons. The molecule has 7 rings (SSSR count). The molecule has 1 aliphatic heterocycles. The molecule has 0 unspecified atom stereocenters. The molecule has 3 aliphatic carbocycles. The van der Waals surface area contributed by atoms with Crippen molar-refractivity contribution in [3.63, 3.8) is 0 Å².